The molecule has 2 aliphatic rings. The van der Waals surface area contributed by atoms with Crippen molar-refractivity contribution in [1.29, 1.82) is 0 Å². The van der Waals surface area contributed by atoms with E-state index in [1.165, 1.54) is 32.4 Å². The SMILES string of the molecule is COCCNC(=O)c1cc(S(=O)(=O)[O-])c2ccc3c(c2c1)C(C)(C)C(C=CC=CC=C1N(CCOC)c2ccc4c(S(=O)(=O)[O-])cc(S(=O)(=O)[O-])cc4c2C1(C)CCCS(=O)(=O)[O-])=[N+]3CCCCCC(=O)O. The van der Waals surface area contributed by atoms with Gasteiger partial charge in [0.05, 0.1) is 43.4 Å². The van der Waals surface area contributed by atoms with E-state index in [9.17, 15) is 66.6 Å². The second kappa shape index (κ2) is 21.6. The molecule has 0 radical (unpaired) electrons. The summed E-state index contributed by atoms with van der Waals surface area (Å²) in [6.45, 7) is 6.42. The maximum absolute atomic E-state index is 13.3. The summed E-state index contributed by atoms with van der Waals surface area (Å²) in [5.41, 5.74) is 0.805. The van der Waals surface area contributed by atoms with Crippen LogP contribution in [0.2, 0.25) is 0 Å². The smallest absolute Gasteiger partial charge is 0.303 e. The van der Waals surface area contributed by atoms with Crippen LogP contribution < -0.4 is 10.2 Å². The summed E-state index contributed by atoms with van der Waals surface area (Å²) >= 11 is 0. The Kier molecular flexibility index (Phi) is 16.8. The van der Waals surface area contributed by atoms with Crippen molar-refractivity contribution in [2.45, 2.75) is 84.8 Å². The maximum Gasteiger partial charge on any atom is 0.303 e. The monoisotopic (exact) mass is 1070 g/mol. The molecule has 72 heavy (non-hydrogen) atoms. The minimum Gasteiger partial charge on any atom is -0.748 e. The number of aliphatic carboxylic acids is 1. The minimum atomic E-state index is -5.37. The molecule has 2 N–H and O–H groups in total. The van der Waals surface area contributed by atoms with Gasteiger partial charge in [0.15, 0.2) is 5.71 Å². The average molecular weight is 1070 g/mol. The zero-order valence-corrected chi connectivity index (χ0v) is 43.3. The quantitative estimate of drug-likeness (QED) is 0.0434. The number of nitrogens with zero attached hydrogens (tertiary/aromatic N) is 2. The number of rotatable bonds is 23. The number of carbonyl (C=O) groups is 2. The van der Waals surface area contributed by atoms with E-state index in [0.29, 0.717) is 65.6 Å². The van der Waals surface area contributed by atoms with Crippen molar-refractivity contribution >= 4 is 91.0 Å². The molecule has 2 aliphatic heterocycles. The molecule has 0 spiro atoms. The van der Waals surface area contributed by atoms with Gasteiger partial charge in [-0.25, -0.2) is 33.7 Å². The number of anilines is 1. The Morgan fingerprint density at radius 3 is 1.99 bits per heavy atom. The molecule has 1 atom stereocenters. The summed E-state index contributed by atoms with van der Waals surface area (Å²) in [4.78, 5) is 23.9. The molecular weight excluding hydrogens is 1020 g/mol. The number of methoxy groups -OCH3 is 2. The highest BCUT2D eigenvalue weighted by Gasteiger charge is 2.47. The van der Waals surface area contributed by atoms with Crippen molar-refractivity contribution in [3.63, 3.8) is 0 Å². The first-order valence-corrected chi connectivity index (χ1v) is 28.4. The molecule has 0 saturated carbocycles. The Labute approximate surface area is 418 Å². The van der Waals surface area contributed by atoms with Crippen molar-refractivity contribution in [1.82, 2.24) is 5.32 Å². The topological polar surface area (TPSA) is 320 Å². The van der Waals surface area contributed by atoms with E-state index in [1.807, 2.05) is 24.5 Å². The van der Waals surface area contributed by atoms with E-state index in [4.69, 9.17) is 9.47 Å². The predicted octanol–water partition coefficient (Wildman–Crippen LogP) is 4.85. The molecule has 0 fully saturated rings. The zero-order valence-electron chi connectivity index (χ0n) is 40.0. The van der Waals surface area contributed by atoms with Crippen LogP contribution in [0.25, 0.3) is 21.5 Å². The number of benzene rings is 4. The number of fused-ring (bicyclic) bond motifs is 6. The summed E-state index contributed by atoms with van der Waals surface area (Å²) in [7, 11) is -17.6. The third kappa shape index (κ3) is 12.0. The van der Waals surface area contributed by atoms with E-state index < -0.39 is 83.6 Å². The van der Waals surface area contributed by atoms with Crippen LogP contribution in [0.15, 0.2) is 99.3 Å². The number of carboxylic acids is 1. The second-order valence-corrected chi connectivity index (χ2v) is 23.7. The number of ether oxygens (including phenoxy) is 2. The third-order valence-electron chi connectivity index (χ3n) is 12.9. The van der Waals surface area contributed by atoms with Crippen LogP contribution in [-0.2, 0) is 65.6 Å². The summed E-state index contributed by atoms with van der Waals surface area (Å²) in [5.74, 6) is -2.35. The lowest BCUT2D eigenvalue weighted by Crippen LogP contribution is -2.31. The largest absolute Gasteiger partial charge is 0.748 e. The van der Waals surface area contributed by atoms with Gasteiger partial charge in [0.1, 0.15) is 36.9 Å². The first kappa shape index (κ1) is 55.9. The highest BCUT2D eigenvalue weighted by atomic mass is 32.2. The van der Waals surface area contributed by atoms with Crippen LogP contribution in [-0.4, -0.2) is 132 Å². The van der Waals surface area contributed by atoms with E-state index in [2.05, 4.69) is 5.32 Å². The van der Waals surface area contributed by atoms with Crippen LogP contribution in [0.3, 0.4) is 0 Å². The first-order chi connectivity index (χ1) is 33.6. The molecule has 0 bridgehead atoms. The minimum absolute atomic E-state index is 0.0294. The fourth-order valence-electron chi connectivity index (χ4n) is 9.82. The number of amides is 1. The molecule has 6 rings (SSSR count). The number of hydrogen-bond donors (Lipinski definition) is 2. The van der Waals surface area contributed by atoms with E-state index in [-0.39, 0.29) is 72.9 Å². The van der Waals surface area contributed by atoms with Gasteiger partial charge in [0.2, 0.25) is 5.69 Å². The molecule has 24 heteroatoms. The van der Waals surface area contributed by atoms with Gasteiger partial charge >= 0.3 is 5.97 Å². The molecule has 4 aromatic carbocycles. The number of carboxylic acid groups (broad SMARTS) is 1. The van der Waals surface area contributed by atoms with Gasteiger partial charge in [-0.05, 0) is 111 Å². The van der Waals surface area contributed by atoms with Crippen LogP contribution in [0, 0.1) is 0 Å². The Bertz CT molecular complexity index is 3420. The van der Waals surface area contributed by atoms with Gasteiger partial charge in [-0.15, -0.1) is 0 Å². The molecule has 2 heterocycles. The molecule has 4 aromatic rings. The van der Waals surface area contributed by atoms with Crippen molar-refractivity contribution in [3.05, 3.63) is 101 Å². The maximum atomic E-state index is 13.3. The number of unbranched alkanes of at least 4 members (excludes halogenated alkanes) is 2. The van der Waals surface area contributed by atoms with Gasteiger partial charge in [-0.1, -0.05) is 24.3 Å². The Balaban J connectivity index is 1.51. The Morgan fingerprint density at radius 1 is 0.736 bits per heavy atom. The molecule has 0 saturated heterocycles. The van der Waals surface area contributed by atoms with Gasteiger partial charge in [-0.2, -0.15) is 4.58 Å². The lowest BCUT2D eigenvalue weighted by molar-refractivity contribution is -0.438. The normalized spacial score (nSPS) is 17.8. The highest BCUT2D eigenvalue weighted by Crippen LogP contribution is 2.54. The lowest BCUT2D eigenvalue weighted by atomic mass is 9.75. The zero-order chi connectivity index (χ0) is 53.2. The fourth-order valence-corrected chi connectivity index (χ4v) is 12.4. The number of hydrogen-bond acceptors (Lipinski definition) is 17. The van der Waals surface area contributed by atoms with Crippen LogP contribution >= 0.6 is 0 Å². The van der Waals surface area contributed by atoms with Crippen LogP contribution in [0.5, 0.6) is 0 Å². The number of allylic oxidation sites excluding steroid dienone is 6. The summed E-state index contributed by atoms with van der Waals surface area (Å²) in [5, 5.41) is 12.1. The Morgan fingerprint density at radius 2 is 1.38 bits per heavy atom. The standard InChI is InChI=1S/C48H57N3O17S4/c1-47(2)41(50(22-11-7-10-15-43(52)53)37-18-16-33-35(44(37)47)27-31(28-39(33)71(61,62)63)46(54)49-21-24-67-4)13-8-6-9-14-42-48(3,20-12-26-69(55,56)57)45-36-29-32(70(58,59)60)30-40(72(64,65)66)34(36)17-19-38(45)51(42)23-25-68-5/h6,8-9,13-14,16-19,27-30H,7,10-12,15,20-26H2,1-5H3,(H5-,49,52,53,54,55,56,57,58,59,60,61,62,63,64,65,66)/p-3. The summed E-state index contributed by atoms with van der Waals surface area (Å²) < 4.78 is 161. The molecule has 1 unspecified atom stereocenters. The summed E-state index contributed by atoms with van der Waals surface area (Å²) in [6.07, 6.45) is 9.77. The van der Waals surface area contributed by atoms with Gasteiger partial charge in [-0.3, -0.25) is 9.59 Å². The second-order valence-electron chi connectivity index (χ2n) is 18.1. The van der Waals surface area contributed by atoms with E-state index >= 15 is 0 Å². The molecule has 20 nitrogen and oxygen atoms in total. The van der Waals surface area contributed by atoms with Gasteiger partial charge in [0.25, 0.3) is 5.91 Å². The van der Waals surface area contributed by atoms with Crippen molar-refractivity contribution < 1.29 is 80.6 Å². The first-order valence-electron chi connectivity index (χ1n) is 22.6. The highest BCUT2D eigenvalue weighted by molar-refractivity contribution is 7.87. The molecule has 0 aliphatic carbocycles. The van der Waals surface area contributed by atoms with Crippen molar-refractivity contribution in [2.75, 3.05) is 57.7 Å². The van der Waals surface area contributed by atoms with Crippen LogP contribution in [0.1, 0.15) is 80.8 Å². The van der Waals surface area contributed by atoms with E-state index in [1.54, 1.807) is 48.3 Å². The van der Waals surface area contributed by atoms with Crippen LogP contribution in [0.4, 0.5) is 11.4 Å². The van der Waals surface area contributed by atoms with Crippen molar-refractivity contribution in [3.8, 4) is 0 Å². The molecule has 0 aromatic heterocycles. The van der Waals surface area contributed by atoms with E-state index in [0.717, 1.165) is 12.1 Å². The van der Waals surface area contributed by atoms with Crippen molar-refractivity contribution in [2.24, 2.45) is 0 Å². The average Bonchev–Trinajstić information content (AvgIpc) is 3.64. The third-order valence-corrected chi connectivity index (χ3v) is 16.3. The molecule has 390 valence electrons. The predicted molar refractivity (Wildman–Crippen MR) is 262 cm³/mol. The molecule has 1 amide bonds. The van der Waals surface area contributed by atoms with Gasteiger partial charge < -0.3 is 43.0 Å². The Hall–Kier alpha value is -5.41. The fraction of sp³-hybridized carbons (Fsp3) is 0.396. The number of carbonyl (C=O) groups excluding carboxylic acids is 1. The number of nitrogens with one attached hydrogen (secondary N) is 1. The van der Waals surface area contributed by atoms with Gasteiger partial charge in [0, 0.05) is 91.4 Å². The lowest BCUT2D eigenvalue weighted by Gasteiger charge is -2.31. The summed E-state index contributed by atoms with van der Waals surface area (Å²) in [6, 6.07) is 10.1. The molecular formula is C48H54N3O17S4-3.